The molecule has 0 aliphatic carbocycles. The number of hydrogen-bond donors (Lipinski definition) is 1. The Morgan fingerprint density at radius 1 is 1.29 bits per heavy atom. The van der Waals surface area contributed by atoms with Gasteiger partial charge in [0.1, 0.15) is 5.56 Å². The summed E-state index contributed by atoms with van der Waals surface area (Å²) < 4.78 is 0. The number of amides is 1. The molecule has 0 saturated carbocycles. The Balaban J connectivity index is 1.84. The number of rotatable bonds is 4. The van der Waals surface area contributed by atoms with Gasteiger partial charge in [-0.1, -0.05) is 23.8 Å². The summed E-state index contributed by atoms with van der Waals surface area (Å²) in [4.78, 5) is 33.3. The first-order valence-corrected chi connectivity index (χ1v) is 8.42. The van der Waals surface area contributed by atoms with E-state index in [4.69, 9.17) is 0 Å². The molecule has 0 atom stereocenters. The fourth-order valence-electron chi connectivity index (χ4n) is 2.46. The zero-order valence-electron chi connectivity index (χ0n) is 13.4. The highest BCUT2D eigenvalue weighted by molar-refractivity contribution is 7.07. The third kappa shape index (κ3) is 3.44. The molecule has 24 heavy (non-hydrogen) atoms. The van der Waals surface area contributed by atoms with E-state index in [1.807, 2.05) is 36.6 Å². The number of nitrogens with zero attached hydrogens (tertiary/aromatic N) is 2. The minimum Gasteiger partial charge on any atom is -0.336 e. The van der Waals surface area contributed by atoms with Gasteiger partial charge in [-0.3, -0.25) is 9.59 Å². The number of aryl methyl sites for hydroxylation is 1. The molecule has 0 aliphatic heterocycles. The van der Waals surface area contributed by atoms with Crippen molar-refractivity contribution in [2.45, 2.75) is 13.5 Å². The Morgan fingerprint density at radius 3 is 2.79 bits per heavy atom. The minimum absolute atomic E-state index is 0.129. The number of pyridine rings is 1. The number of nitrogens with one attached hydrogen (secondary N) is 1. The second kappa shape index (κ2) is 6.80. The predicted octanol–water partition coefficient (Wildman–Crippen LogP) is 3.08. The van der Waals surface area contributed by atoms with Crippen LogP contribution < -0.4 is 5.56 Å². The number of hydrogen-bond acceptors (Lipinski definition) is 4. The van der Waals surface area contributed by atoms with Crippen LogP contribution in [0.3, 0.4) is 0 Å². The maximum Gasteiger partial charge on any atom is 0.261 e. The maximum atomic E-state index is 12.5. The quantitative estimate of drug-likeness (QED) is 0.794. The van der Waals surface area contributed by atoms with Crippen LogP contribution in [0.1, 0.15) is 21.6 Å². The summed E-state index contributed by atoms with van der Waals surface area (Å²) in [5, 5.41) is 1.88. The van der Waals surface area contributed by atoms with Crippen molar-refractivity contribution in [2.75, 3.05) is 7.05 Å². The number of carbonyl (C=O) groups is 1. The van der Waals surface area contributed by atoms with Crippen LogP contribution in [-0.2, 0) is 6.54 Å². The number of thiazole rings is 1. The van der Waals surface area contributed by atoms with Gasteiger partial charge in [0.15, 0.2) is 0 Å². The second-order valence-corrected chi connectivity index (χ2v) is 6.34. The zero-order chi connectivity index (χ0) is 17.1. The van der Waals surface area contributed by atoms with Crippen molar-refractivity contribution in [3.63, 3.8) is 0 Å². The van der Waals surface area contributed by atoms with Gasteiger partial charge in [0.25, 0.3) is 11.5 Å². The summed E-state index contributed by atoms with van der Waals surface area (Å²) in [6.45, 7) is 2.37. The van der Waals surface area contributed by atoms with E-state index in [0.29, 0.717) is 12.2 Å². The molecule has 0 bridgehead atoms. The molecule has 0 fully saturated rings. The van der Waals surface area contributed by atoms with Gasteiger partial charge in [0.2, 0.25) is 0 Å². The molecule has 1 aromatic carbocycles. The molecule has 0 saturated heterocycles. The van der Waals surface area contributed by atoms with Crippen LogP contribution >= 0.6 is 11.3 Å². The molecule has 1 N–H and O–H groups in total. The Morgan fingerprint density at radius 2 is 2.12 bits per heavy atom. The van der Waals surface area contributed by atoms with Crippen molar-refractivity contribution in [1.82, 2.24) is 14.9 Å². The van der Waals surface area contributed by atoms with E-state index in [-0.39, 0.29) is 17.0 Å². The summed E-state index contributed by atoms with van der Waals surface area (Å²) in [6, 6.07) is 11.2. The number of carbonyl (C=O) groups excluding carboxylic acids is 1. The van der Waals surface area contributed by atoms with Crippen molar-refractivity contribution in [1.29, 1.82) is 0 Å². The molecule has 0 spiro atoms. The molecular formula is C18H17N3O2S. The van der Waals surface area contributed by atoms with E-state index < -0.39 is 0 Å². The van der Waals surface area contributed by atoms with Crippen LogP contribution in [0.15, 0.2) is 52.1 Å². The van der Waals surface area contributed by atoms with Crippen molar-refractivity contribution >= 4 is 17.2 Å². The fourth-order valence-corrected chi connectivity index (χ4v) is 3.01. The molecule has 5 nitrogen and oxygen atoms in total. The van der Waals surface area contributed by atoms with Gasteiger partial charge in [0.05, 0.1) is 17.7 Å². The molecule has 0 radical (unpaired) electrons. The molecule has 2 aromatic heterocycles. The van der Waals surface area contributed by atoms with E-state index in [2.05, 4.69) is 9.97 Å². The first kappa shape index (κ1) is 16.1. The lowest BCUT2D eigenvalue weighted by Gasteiger charge is -2.15. The Bertz CT molecular complexity index is 916. The van der Waals surface area contributed by atoms with E-state index in [9.17, 15) is 9.59 Å². The standard InChI is InChI=1S/C18H17N3O2S/c1-12-4-3-5-13(8-12)16-7-6-15(17(22)20-16)18(23)21(2)9-14-10-24-11-19-14/h3-8,10-11H,9H2,1-2H3,(H,20,22). The summed E-state index contributed by atoms with van der Waals surface area (Å²) in [6.07, 6.45) is 0. The van der Waals surface area contributed by atoms with E-state index in [1.54, 1.807) is 24.7 Å². The Hall–Kier alpha value is -2.73. The normalized spacial score (nSPS) is 10.6. The van der Waals surface area contributed by atoms with Gasteiger partial charge in [0, 0.05) is 18.1 Å². The molecule has 0 aliphatic rings. The highest BCUT2D eigenvalue weighted by Crippen LogP contribution is 2.17. The topological polar surface area (TPSA) is 66.1 Å². The molecule has 122 valence electrons. The Kier molecular flexibility index (Phi) is 4.57. The zero-order valence-corrected chi connectivity index (χ0v) is 14.3. The molecule has 0 unspecified atom stereocenters. The lowest BCUT2D eigenvalue weighted by Crippen LogP contribution is -2.31. The molecular weight excluding hydrogens is 322 g/mol. The lowest BCUT2D eigenvalue weighted by molar-refractivity contribution is 0.0782. The van der Waals surface area contributed by atoms with Gasteiger partial charge < -0.3 is 9.88 Å². The van der Waals surface area contributed by atoms with Gasteiger partial charge in [-0.05, 0) is 30.7 Å². The van der Waals surface area contributed by atoms with Crippen molar-refractivity contribution in [2.24, 2.45) is 0 Å². The monoisotopic (exact) mass is 339 g/mol. The van der Waals surface area contributed by atoms with E-state index in [1.165, 1.54) is 16.2 Å². The van der Waals surface area contributed by atoms with E-state index in [0.717, 1.165) is 16.8 Å². The molecule has 3 aromatic rings. The molecule has 6 heteroatoms. The maximum absolute atomic E-state index is 12.5. The van der Waals surface area contributed by atoms with Gasteiger partial charge in [-0.2, -0.15) is 0 Å². The molecule has 2 heterocycles. The highest BCUT2D eigenvalue weighted by atomic mass is 32.1. The van der Waals surface area contributed by atoms with Gasteiger partial charge in [-0.15, -0.1) is 11.3 Å². The second-order valence-electron chi connectivity index (χ2n) is 5.63. The predicted molar refractivity (Wildman–Crippen MR) is 95.1 cm³/mol. The number of aromatic amines is 1. The summed E-state index contributed by atoms with van der Waals surface area (Å²) in [5.41, 5.74) is 5.00. The largest absolute Gasteiger partial charge is 0.336 e. The smallest absolute Gasteiger partial charge is 0.261 e. The van der Waals surface area contributed by atoms with Crippen LogP contribution in [0.4, 0.5) is 0 Å². The molecule has 1 amide bonds. The van der Waals surface area contributed by atoms with Crippen molar-refractivity contribution in [3.05, 3.63) is 74.5 Å². The molecule has 3 rings (SSSR count). The van der Waals surface area contributed by atoms with Gasteiger partial charge >= 0.3 is 0 Å². The first-order chi connectivity index (χ1) is 11.5. The highest BCUT2D eigenvalue weighted by Gasteiger charge is 2.16. The number of aromatic nitrogens is 2. The number of benzene rings is 1. The van der Waals surface area contributed by atoms with Gasteiger partial charge in [-0.25, -0.2) is 4.98 Å². The van der Waals surface area contributed by atoms with Crippen molar-refractivity contribution in [3.8, 4) is 11.3 Å². The van der Waals surface area contributed by atoms with Crippen LogP contribution in [-0.4, -0.2) is 27.8 Å². The van der Waals surface area contributed by atoms with Crippen LogP contribution in [0.25, 0.3) is 11.3 Å². The SMILES string of the molecule is Cc1cccc(-c2ccc(C(=O)N(C)Cc3cscn3)c(=O)[nH]2)c1. The third-order valence-corrected chi connectivity index (χ3v) is 4.33. The first-order valence-electron chi connectivity index (χ1n) is 7.47. The minimum atomic E-state index is -0.385. The lowest BCUT2D eigenvalue weighted by atomic mass is 10.1. The summed E-state index contributed by atoms with van der Waals surface area (Å²) in [7, 11) is 1.66. The average molecular weight is 339 g/mol. The third-order valence-electron chi connectivity index (χ3n) is 3.70. The van der Waals surface area contributed by atoms with Crippen LogP contribution in [0, 0.1) is 6.92 Å². The number of H-pyrrole nitrogens is 1. The fraction of sp³-hybridized carbons (Fsp3) is 0.167. The van der Waals surface area contributed by atoms with Crippen molar-refractivity contribution < 1.29 is 4.79 Å². The van der Waals surface area contributed by atoms with E-state index >= 15 is 0 Å². The van der Waals surface area contributed by atoms with Crippen LogP contribution in [0.5, 0.6) is 0 Å². The summed E-state index contributed by atoms with van der Waals surface area (Å²) >= 11 is 1.48. The van der Waals surface area contributed by atoms with Crippen LogP contribution in [0.2, 0.25) is 0 Å². The summed E-state index contributed by atoms with van der Waals surface area (Å²) in [5.74, 6) is -0.319. The average Bonchev–Trinajstić information content (AvgIpc) is 3.07. The Labute approximate surface area is 143 Å².